The van der Waals surface area contributed by atoms with Gasteiger partial charge in [0.15, 0.2) is 0 Å². The molecule has 0 spiro atoms. The second kappa shape index (κ2) is 8.62. The second-order valence-corrected chi connectivity index (χ2v) is 9.28. The van der Waals surface area contributed by atoms with E-state index in [0.717, 1.165) is 5.56 Å². The van der Waals surface area contributed by atoms with Gasteiger partial charge in [0.1, 0.15) is 0 Å². The standard InChI is InChI=1S/C17H21NO3SSe/c1-14-7-9-16(10-8-14)22(20,21)18-15(11-12-19)13-23-17-5-3-2-4-6-17/h2-10,15,18-19H,11-13H2,1H3. The predicted octanol–water partition coefficient (Wildman–Crippen LogP) is 1.47. The molecule has 0 saturated heterocycles. The first-order valence-electron chi connectivity index (χ1n) is 7.39. The Labute approximate surface area is 144 Å². The molecule has 0 radical (unpaired) electrons. The van der Waals surface area contributed by atoms with E-state index < -0.39 is 10.0 Å². The van der Waals surface area contributed by atoms with Gasteiger partial charge in [-0.3, -0.25) is 0 Å². The molecule has 0 bridgehead atoms. The zero-order chi connectivity index (χ0) is 16.7. The van der Waals surface area contributed by atoms with Crippen LogP contribution in [0.25, 0.3) is 0 Å². The number of hydrogen-bond donors (Lipinski definition) is 2. The third kappa shape index (κ3) is 5.75. The monoisotopic (exact) mass is 399 g/mol. The fourth-order valence-corrected chi connectivity index (χ4v) is 5.64. The van der Waals surface area contributed by atoms with Crippen LogP contribution in [-0.2, 0) is 10.0 Å². The number of aryl methyl sites for hydroxylation is 1. The summed E-state index contributed by atoms with van der Waals surface area (Å²) in [6, 6.07) is 16.5. The summed E-state index contributed by atoms with van der Waals surface area (Å²) in [6.07, 6.45) is 0.416. The van der Waals surface area contributed by atoms with Gasteiger partial charge in [-0.25, -0.2) is 0 Å². The van der Waals surface area contributed by atoms with Crippen LogP contribution in [0.1, 0.15) is 12.0 Å². The molecule has 1 atom stereocenters. The zero-order valence-electron chi connectivity index (χ0n) is 13.0. The van der Waals surface area contributed by atoms with Gasteiger partial charge in [-0.05, 0) is 0 Å². The Morgan fingerprint density at radius 2 is 1.74 bits per heavy atom. The average Bonchev–Trinajstić information content (AvgIpc) is 2.54. The maximum atomic E-state index is 12.5. The van der Waals surface area contributed by atoms with Crippen LogP contribution in [0.15, 0.2) is 59.5 Å². The van der Waals surface area contributed by atoms with Crippen molar-refractivity contribution < 1.29 is 13.5 Å². The van der Waals surface area contributed by atoms with Crippen molar-refractivity contribution in [3.63, 3.8) is 0 Å². The van der Waals surface area contributed by atoms with E-state index in [0.29, 0.717) is 11.7 Å². The van der Waals surface area contributed by atoms with E-state index in [1.807, 2.05) is 37.3 Å². The molecule has 2 aromatic rings. The topological polar surface area (TPSA) is 66.4 Å². The number of hydrogen-bond acceptors (Lipinski definition) is 3. The van der Waals surface area contributed by atoms with E-state index in [1.165, 1.54) is 4.46 Å². The molecule has 2 rings (SSSR count). The van der Waals surface area contributed by atoms with Crippen LogP contribution >= 0.6 is 0 Å². The zero-order valence-corrected chi connectivity index (χ0v) is 15.5. The maximum absolute atomic E-state index is 12.5. The van der Waals surface area contributed by atoms with Crippen LogP contribution in [0.3, 0.4) is 0 Å². The summed E-state index contributed by atoms with van der Waals surface area (Å²) in [4.78, 5) is 0.262. The van der Waals surface area contributed by atoms with E-state index in [4.69, 9.17) is 0 Å². The molecule has 4 nitrogen and oxygen atoms in total. The number of rotatable bonds is 8. The van der Waals surface area contributed by atoms with E-state index >= 15 is 0 Å². The number of nitrogens with one attached hydrogen (secondary N) is 1. The van der Waals surface area contributed by atoms with E-state index in [-0.39, 0.29) is 32.5 Å². The Morgan fingerprint density at radius 1 is 1.09 bits per heavy atom. The van der Waals surface area contributed by atoms with Crippen molar-refractivity contribution in [2.45, 2.75) is 29.6 Å². The predicted molar refractivity (Wildman–Crippen MR) is 93.6 cm³/mol. The van der Waals surface area contributed by atoms with Crippen LogP contribution in [-0.4, -0.2) is 41.1 Å². The first-order valence-corrected chi connectivity index (χ1v) is 10.9. The van der Waals surface area contributed by atoms with Gasteiger partial charge >= 0.3 is 144 Å². The van der Waals surface area contributed by atoms with Crippen molar-refractivity contribution in [1.82, 2.24) is 4.72 Å². The van der Waals surface area contributed by atoms with Crippen molar-refractivity contribution in [3.8, 4) is 0 Å². The molecule has 0 aliphatic carbocycles. The summed E-state index contributed by atoms with van der Waals surface area (Å²) >= 11 is 0.164. The van der Waals surface area contributed by atoms with Gasteiger partial charge < -0.3 is 0 Å². The molecule has 1 unspecified atom stereocenters. The van der Waals surface area contributed by atoms with Gasteiger partial charge in [-0.2, -0.15) is 0 Å². The normalized spacial score (nSPS) is 13.0. The van der Waals surface area contributed by atoms with Crippen LogP contribution in [0.4, 0.5) is 0 Å². The number of sulfonamides is 1. The molecule has 0 heterocycles. The van der Waals surface area contributed by atoms with Crippen LogP contribution < -0.4 is 9.18 Å². The molecular weight excluding hydrogens is 377 g/mol. The summed E-state index contributed by atoms with van der Waals surface area (Å²) in [5.41, 5.74) is 1.02. The molecule has 0 amide bonds. The molecule has 23 heavy (non-hydrogen) atoms. The van der Waals surface area contributed by atoms with Crippen LogP contribution in [0.2, 0.25) is 5.32 Å². The molecule has 2 N–H and O–H groups in total. The van der Waals surface area contributed by atoms with Crippen LogP contribution in [0.5, 0.6) is 0 Å². The summed E-state index contributed by atoms with van der Waals surface area (Å²) in [6.45, 7) is 1.88. The van der Waals surface area contributed by atoms with E-state index in [9.17, 15) is 13.5 Å². The molecule has 0 saturated carbocycles. The van der Waals surface area contributed by atoms with Gasteiger partial charge in [0.2, 0.25) is 0 Å². The van der Waals surface area contributed by atoms with Crippen molar-refractivity contribution in [2.24, 2.45) is 0 Å². The summed E-state index contributed by atoms with van der Waals surface area (Å²) in [5.74, 6) is 0. The first-order chi connectivity index (χ1) is 11.0. The van der Waals surface area contributed by atoms with Crippen molar-refractivity contribution in [3.05, 3.63) is 60.2 Å². The Balaban J connectivity index is 2.04. The molecule has 2 aromatic carbocycles. The third-order valence-electron chi connectivity index (χ3n) is 3.33. The van der Waals surface area contributed by atoms with Gasteiger partial charge in [0.05, 0.1) is 0 Å². The second-order valence-electron chi connectivity index (χ2n) is 5.27. The minimum atomic E-state index is -3.55. The van der Waals surface area contributed by atoms with Crippen molar-refractivity contribution in [1.29, 1.82) is 0 Å². The SMILES string of the molecule is Cc1ccc(S(=O)(=O)NC(CCO)C[Se]c2ccccc2)cc1. The van der Waals surface area contributed by atoms with Gasteiger partial charge in [0, 0.05) is 0 Å². The van der Waals surface area contributed by atoms with E-state index in [2.05, 4.69) is 4.72 Å². The molecule has 0 aromatic heterocycles. The number of aliphatic hydroxyl groups excluding tert-OH is 1. The number of benzene rings is 2. The van der Waals surface area contributed by atoms with Gasteiger partial charge in [0.25, 0.3) is 0 Å². The summed E-state index contributed by atoms with van der Waals surface area (Å²) < 4.78 is 28.9. The average molecular weight is 398 g/mol. The Kier molecular flexibility index (Phi) is 6.81. The Bertz CT molecular complexity index is 702. The Morgan fingerprint density at radius 3 is 2.35 bits per heavy atom. The molecule has 0 fully saturated rings. The van der Waals surface area contributed by atoms with Crippen LogP contribution in [0, 0.1) is 6.92 Å². The Hall–Kier alpha value is -1.17. The molecule has 6 heteroatoms. The third-order valence-corrected chi connectivity index (χ3v) is 7.33. The van der Waals surface area contributed by atoms with Gasteiger partial charge in [-0.15, -0.1) is 0 Å². The fourth-order valence-electron chi connectivity index (χ4n) is 2.05. The van der Waals surface area contributed by atoms with Crippen molar-refractivity contribution in [2.75, 3.05) is 6.61 Å². The van der Waals surface area contributed by atoms with Crippen molar-refractivity contribution >= 4 is 29.4 Å². The van der Waals surface area contributed by atoms with E-state index in [1.54, 1.807) is 24.3 Å². The summed E-state index contributed by atoms with van der Waals surface area (Å²) in [7, 11) is -3.55. The molecule has 124 valence electrons. The minimum absolute atomic E-state index is 0.0358. The number of aliphatic hydroxyl groups is 1. The molecule has 0 aliphatic rings. The van der Waals surface area contributed by atoms with Gasteiger partial charge in [-0.1, -0.05) is 0 Å². The summed E-state index contributed by atoms with van der Waals surface area (Å²) in [5, 5.41) is 9.92. The molecule has 0 aliphatic heterocycles. The first kappa shape index (κ1) is 18.2. The molecular formula is C17H21NO3SSe. The fraction of sp³-hybridized carbons (Fsp3) is 0.294. The quantitative estimate of drug-likeness (QED) is 0.662.